The Kier molecular flexibility index (Phi) is 4.96. The van der Waals surface area contributed by atoms with E-state index in [4.69, 9.17) is 10.6 Å². The number of carbonyl (C=O) groups excluding carboxylic acids is 1. The molecule has 6 nitrogen and oxygen atoms in total. The van der Waals surface area contributed by atoms with Gasteiger partial charge in [0.05, 0.1) is 18.2 Å². The number of fused-ring (bicyclic) bond motifs is 1. The van der Waals surface area contributed by atoms with E-state index in [1.165, 1.54) is 0 Å². The topological polar surface area (TPSA) is 79.6 Å². The molecule has 3 unspecified atom stereocenters. The molecule has 2 heterocycles. The molecule has 1 aromatic rings. The smallest absolute Gasteiger partial charge is 0.229 e. The Morgan fingerprint density at radius 3 is 2.87 bits per heavy atom. The first-order valence-electron chi connectivity index (χ1n) is 8.39. The van der Waals surface area contributed by atoms with Crippen molar-refractivity contribution < 1.29 is 9.63 Å². The summed E-state index contributed by atoms with van der Waals surface area (Å²) >= 11 is 0. The molecule has 1 amide bonds. The van der Waals surface area contributed by atoms with Crippen LogP contribution >= 0.6 is 0 Å². The number of carbonyl (C=O) groups is 1. The molecular weight excluding hydrogens is 292 g/mol. The Morgan fingerprint density at radius 1 is 1.39 bits per heavy atom. The third-order valence-electron chi connectivity index (χ3n) is 5.09. The second kappa shape index (κ2) is 6.97. The van der Waals surface area contributed by atoms with Crippen LogP contribution in [0.3, 0.4) is 0 Å². The highest BCUT2D eigenvalue weighted by molar-refractivity contribution is 5.88. The number of nitrogens with zero attached hydrogens (tertiary/aromatic N) is 1. The predicted octanol–water partition coefficient (Wildman–Crippen LogP) is 0.345. The maximum absolute atomic E-state index is 12.7. The van der Waals surface area contributed by atoms with E-state index >= 15 is 0 Å². The zero-order valence-electron chi connectivity index (χ0n) is 13.6. The largest absolute Gasteiger partial charge is 0.369 e. The zero-order chi connectivity index (χ0) is 16.3. The molecule has 6 heteroatoms. The molecule has 3 rings (SSSR count). The molecule has 3 atom stereocenters. The van der Waals surface area contributed by atoms with Gasteiger partial charge in [-0.15, -0.1) is 0 Å². The molecule has 126 valence electrons. The van der Waals surface area contributed by atoms with Crippen molar-refractivity contribution in [1.82, 2.24) is 15.7 Å². The van der Waals surface area contributed by atoms with Crippen molar-refractivity contribution >= 4 is 5.91 Å². The Hall–Kier alpha value is -1.47. The molecule has 2 saturated heterocycles. The standard InChI is InChI=1S/C17H26N4O2/c1-2-8-17(16(18)22,13-6-4-3-5-7-13)14-11-19-12-15-20-23-10-9-21(14)15/h3-7,14-15,19-20H,2,8-12H2,1H3,(H2,18,22). The van der Waals surface area contributed by atoms with Gasteiger partial charge in [-0.25, -0.2) is 0 Å². The first-order chi connectivity index (χ1) is 11.2. The number of hydroxylamine groups is 1. The van der Waals surface area contributed by atoms with E-state index in [0.717, 1.165) is 38.0 Å². The van der Waals surface area contributed by atoms with Crippen LogP contribution in [-0.4, -0.2) is 49.3 Å². The van der Waals surface area contributed by atoms with Gasteiger partial charge in [0, 0.05) is 25.7 Å². The van der Waals surface area contributed by atoms with Gasteiger partial charge in [0.1, 0.15) is 0 Å². The summed E-state index contributed by atoms with van der Waals surface area (Å²) in [5, 5.41) is 3.43. The zero-order valence-corrected chi connectivity index (χ0v) is 13.6. The highest BCUT2D eigenvalue weighted by atomic mass is 16.7. The van der Waals surface area contributed by atoms with Gasteiger partial charge in [-0.2, -0.15) is 5.48 Å². The van der Waals surface area contributed by atoms with Gasteiger partial charge in [0.25, 0.3) is 0 Å². The van der Waals surface area contributed by atoms with Gasteiger partial charge >= 0.3 is 0 Å². The Balaban J connectivity index is 2.04. The van der Waals surface area contributed by atoms with E-state index in [9.17, 15) is 4.79 Å². The number of nitrogens with one attached hydrogen (secondary N) is 2. The minimum atomic E-state index is -0.694. The van der Waals surface area contributed by atoms with Crippen LogP contribution < -0.4 is 16.5 Å². The van der Waals surface area contributed by atoms with Crippen molar-refractivity contribution in [2.24, 2.45) is 5.73 Å². The van der Waals surface area contributed by atoms with Crippen LogP contribution in [0.25, 0.3) is 0 Å². The lowest BCUT2D eigenvalue weighted by atomic mass is 9.69. The number of rotatable bonds is 5. The molecule has 0 aromatic heterocycles. The SMILES string of the molecule is CCCC(C(N)=O)(c1ccccc1)C1CNCC2NOCCN21. The van der Waals surface area contributed by atoms with E-state index in [1.807, 2.05) is 30.3 Å². The first-order valence-corrected chi connectivity index (χ1v) is 8.39. The van der Waals surface area contributed by atoms with Crippen LogP contribution in [0.1, 0.15) is 25.3 Å². The predicted molar refractivity (Wildman–Crippen MR) is 88.5 cm³/mol. The number of hydrogen-bond acceptors (Lipinski definition) is 5. The lowest BCUT2D eigenvalue weighted by Gasteiger charge is -2.52. The molecule has 2 aliphatic heterocycles. The molecule has 0 spiro atoms. The highest BCUT2D eigenvalue weighted by Gasteiger charge is 2.50. The minimum Gasteiger partial charge on any atom is -0.369 e. The van der Waals surface area contributed by atoms with Crippen LogP contribution in [-0.2, 0) is 15.0 Å². The molecule has 2 fully saturated rings. The summed E-state index contributed by atoms with van der Waals surface area (Å²) in [7, 11) is 0. The Labute approximate surface area is 137 Å². The lowest BCUT2D eigenvalue weighted by molar-refractivity contribution is -0.142. The number of piperazine rings is 1. The van der Waals surface area contributed by atoms with Crippen molar-refractivity contribution in [1.29, 1.82) is 0 Å². The van der Waals surface area contributed by atoms with E-state index in [0.29, 0.717) is 6.61 Å². The third-order valence-corrected chi connectivity index (χ3v) is 5.09. The quantitative estimate of drug-likeness (QED) is 0.730. The molecule has 2 aliphatic rings. The van der Waals surface area contributed by atoms with Crippen LogP contribution in [0.2, 0.25) is 0 Å². The fourth-order valence-corrected chi connectivity index (χ4v) is 4.06. The minimum absolute atomic E-state index is 0.0116. The number of hydrogen-bond donors (Lipinski definition) is 3. The van der Waals surface area contributed by atoms with E-state index in [-0.39, 0.29) is 18.1 Å². The van der Waals surface area contributed by atoms with Gasteiger partial charge in [-0.05, 0) is 12.0 Å². The monoisotopic (exact) mass is 318 g/mol. The van der Waals surface area contributed by atoms with Crippen LogP contribution in [0.15, 0.2) is 30.3 Å². The van der Waals surface area contributed by atoms with Crippen LogP contribution in [0.5, 0.6) is 0 Å². The highest BCUT2D eigenvalue weighted by Crippen LogP contribution is 2.37. The summed E-state index contributed by atoms with van der Waals surface area (Å²) in [6.07, 6.45) is 1.71. The second-order valence-electron chi connectivity index (χ2n) is 6.35. The van der Waals surface area contributed by atoms with Crippen molar-refractivity contribution in [3.05, 3.63) is 35.9 Å². The van der Waals surface area contributed by atoms with Crippen molar-refractivity contribution in [3.8, 4) is 0 Å². The van der Waals surface area contributed by atoms with Crippen molar-refractivity contribution in [2.75, 3.05) is 26.2 Å². The summed E-state index contributed by atoms with van der Waals surface area (Å²) in [4.78, 5) is 20.4. The van der Waals surface area contributed by atoms with Gasteiger partial charge in [-0.3, -0.25) is 14.5 Å². The average Bonchev–Trinajstić information content (AvgIpc) is 2.60. The molecule has 4 N–H and O–H groups in total. The summed E-state index contributed by atoms with van der Waals surface area (Å²) in [5.74, 6) is -0.246. The maximum atomic E-state index is 12.7. The fraction of sp³-hybridized carbons (Fsp3) is 0.588. The van der Waals surface area contributed by atoms with E-state index < -0.39 is 5.41 Å². The summed E-state index contributed by atoms with van der Waals surface area (Å²) in [6, 6.07) is 9.99. The fourth-order valence-electron chi connectivity index (χ4n) is 4.06. The molecule has 23 heavy (non-hydrogen) atoms. The van der Waals surface area contributed by atoms with Gasteiger partial charge < -0.3 is 11.1 Å². The van der Waals surface area contributed by atoms with Gasteiger partial charge in [0.2, 0.25) is 5.91 Å². The van der Waals surface area contributed by atoms with Crippen molar-refractivity contribution in [3.63, 3.8) is 0 Å². The number of amides is 1. The number of primary amides is 1. The Morgan fingerprint density at radius 2 is 2.17 bits per heavy atom. The molecule has 1 aromatic carbocycles. The summed E-state index contributed by atoms with van der Waals surface area (Å²) < 4.78 is 0. The molecular formula is C17H26N4O2. The molecule has 0 saturated carbocycles. The summed E-state index contributed by atoms with van der Waals surface area (Å²) in [6.45, 7) is 5.06. The van der Waals surface area contributed by atoms with Gasteiger partial charge in [0.15, 0.2) is 0 Å². The van der Waals surface area contributed by atoms with Crippen LogP contribution in [0, 0.1) is 0 Å². The number of benzene rings is 1. The number of nitrogens with two attached hydrogens (primary N) is 1. The van der Waals surface area contributed by atoms with Crippen LogP contribution in [0.4, 0.5) is 0 Å². The molecule has 0 bridgehead atoms. The lowest BCUT2D eigenvalue weighted by Crippen LogP contribution is -2.72. The first kappa shape index (κ1) is 16.4. The molecule has 0 aliphatic carbocycles. The second-order valence-corrected chi connectivity index (χ2v) is 6.35. The van der Waals surface area contributed by atoms with E-state index in [2.05, 4.69) is 22.6 Å². The normalized spacial score (nSPS) is 27.9. The van der Waals surface area contributed by atoms with E-state index in [1.54, 1.807) is 0 Å². The Bertz CT molecular complexity index is 537. The summed E-state index contributed by atoms with van der Waals surface area (Å²) in [5.41, 5.74) is 9.38. The third kappa shape index (κ3) is 2.87. The van der Waals surface area contributed by atoms with Gasteiger partial charge in [-0.1, -0.05) is 43.7 Å². The maximum Gasteiger partial charge on any atom is 0.229 e. The van der Waals surface area contributed by atoms with Crippen molar-refractivity contribution in [2.45, 2.75) is 37.4 Å². The average molecular weight is 318 g/mol. The molecule has 0 radical (unpaired) electrons.